The molecule has 2 fully saturated rings. The van der Waals surface area contributed by atoms with Gasteiger partial charge in [-0.05, 0) is 50.2 Å². The van der Waals surface area contributed by atoms with Crippen LogP contribution in [0.15, 0.2) is 29.2 Å². The number of benzene rings is 1. The van der Waals surface area contributed by atoms with Gasteiger partial charge in [0, 0.05) is 23.1 Å². The molecule has 3 unspecified atom stereocenters. The van der Waals surface area contributed by atoms with Crippen LogP contribution in [0.25, 0.3) is 0 Å². The summed E-state index contributed by atoms with van der Waals surface area (Å²) in [7, 11) is 0. The zero-order valence-electron chi connectivity index (χ0n) is 12.1. The van der Waals surface area contributed by atoms with E-state index in [9.17, 15) is 4.79 Å². The number of carbonyl (C=O) groups excluding carboxylic acids is 1. The van der Waals surface area contributed by atoms with E-state index in [4.69, 9.17) is 0 Å². The Kier molecular flexibility index (Phi) is 4.35. The summed E-state index contributed by atoms with van der Waals surface area (Å²) in [5, 5.41) is 3.25. The van der Waals surface area contributed by atoms with Gasteiger partial charge < -0.3 is 5.32 Å². The zero-order chi connectivity index (χ0) is 13.9. The molecular formula is C17H23NOS. The van der Waals surface area contributed by atoms with E-state index < -0.39 is 0 Å². The van der Waals surface area contributed by atoms with E-state index in [-0.39, 0.29) is 5.91 Å². The van der Waals surface area contributed by atoms with E-state index in [0.29, 0.717) is 12.5 Å². The van der Waals surface area contributed by atoms with Crippen molar-refractivity contribution in [1.82, 2.24) is 5.32 Å². The first-order valence-corrected chi connectivity index (χ1v) is 8.68. The molecule has 0 aliphatic heterocycles. The van der Waals surface area contributed by atoms with Crippen LogP contribution in [0.4, 0.5) is 0 Å². The molecule has 3 rings (SSSR count). The minimum Gasteiger partial charge on any atom is -0.353 e. The van der Waals surface area contributed by atoms with Gasteiger partial charge in [0.2, 0.25) is 5.91 Å². The highest BCUT2D eigenvalue weighted by Gasteiger charge is 2.39. The fourth-order valence-electron chi connectivity index (χ4n) is 3.60. The first-order valence-electron chi connectivity index (χ1n) is 7.69. The lowest BCUT2D eigenvalue weighted by atomic mass is 9.95. The van der Waals surface area contributed by atoms with Crippen LogP contribution < -0.4 is 5.32 Å². The number of fused-ring (bicyclic) bond motifs is 2. The minimum absolute atomic E-state index is 0.238. The number of amides is 1. The summed E-state index contributed by atoms with van der Waals surface area (Å²) in [6, 6.07) is 8.99. The van der Waals surface area contributed by atoms with Crippen molar-refractivity contribution >= 4 is 17.7 Å². The van der Waals surface area contributed by atoms with Crippen LogP contribution in [0.3, 0.4) is 0 Å². The molecule has 2 saturated carbocycles. The van der Waals surface area contributed by atoms with E-state index >= 15 is 0 Å². The molecular weight excluding hydrogens is 266 g/mol. The number of thioether (sulfide) groups is 1. The van der Waals surface area contributed by atoms with Crippen LogP contribution in [0.1, 0.15) is 37.7 Å². The number of hydrogen-bond donors (Lipinski definition) is 1. The lowest BCUT2D eigenvalue weighted by Crippen LogP contribution is -2.38. The Hall–Kier alpha value is -0.960. The molecule has 108 valence electrons. The van der Waals surface area contributed by atoms with Crippen LogP contribution in [-0.2, 0) is 4.79 Å². The third-order valence-corrected chi connectivity index (χ3v) is 5.72. The monoisotopic (exact) mass is 289 g/mol. The SMILES string of the molecule is Cc1ccc(SCCC(=O)NC2CC3CCC2C3)cc1. The largest absolute Gasteiger partial charge is 0.353 e. The highest BCUT2D eigenvalue weighted by molar-refractivity contribution is 7.99. The van der Waals surface area contributed by atoms with Crippen molar-refractivity contribution in [2.45, 2.75) is 50.0 Å². The molecule has 0 heterocycles. The summed E-state index contributed by atoms with van der Waals surface area (Å²) in [5.74, 6) is 2.78. The molecule has 0 aromatic heterocycles. The zero-order valence-corrected chi connectivity index (χ0v) is 12.9. The number of aryl methyl sites for hydroxylation is 1. The van der Waals surface area contributed by atoms with Gasteiger partial charge in [-0.25, -0.2) is 0 Å². The predicted molar refractivity (Wildman–Crippen MR) is 83.9 cm³/mol. The normalized spacial score (nSPS) is 27.8. The Morgan fingerprint density at radius 2 is 2.05 bits per heavy atom. The first-order chi connectivity index (χ1) is 9.70. The summed E-state index contributed by atoms with van der Waals surface area (Å²) in [5.41, 5.74) is 1.28. The van der Waals surface area contributed by atoms with Gasteiger partial charge in [0.25, 0.3) is 0 Å². The Balaban J connectivity index is 1.38. The standard InChI is InChI=1S/C17H23NOS/c1-12-2-6-15(7-3-12)20-9-8-17(19)18-16-11-13-4-5-14(16)10-13/h2-3,6-7,13-14,16H,4-5,8-11H2,1H3,(H,18,19). The van der Waals surface area contributed by atoms with Crippen molar-refractivity contribution in [3.8, 4) is 0 Å². The van der Waals surface area contributed by atoms with E-state index in [2.05, 4.69) is 36.5 Å². The van der Waals surface area contributed by atoms with Gasteiger partial charge in [0.1, 0.15) is 0 Å². The van der Waals surface area contributed by atoms with Gasteiger partial charge in [-0.15, -0.1) is 11.8 Å². The maximum Gasteiger partial charge on any atom is 0.221 e. The second-order valence-corrected chi connectivity index (χ2v) is 7.43. The summed E-state index contributed by atoms with van der Waals surface area (Å²) in [4.78, 5) is 13.2. The van der Waals surface area contributed by atoms with Gasteiger partial charge in [0.15, 0.2) is 0 Å². The van der Waals surface area contributed by atoms with Crippen LogP contribution in [0, 0.1) is 18.8 Å². The van der Waals surface area contributed by atoms with Crippen molar-refractivity contribution in [3.63, 3.8) is 0 Å². The Bertz CT molecular complexity index is 470. The van der Waals surface area contributed by atoms with Crippen molar-refractivity contribution in [1.29, 1.82) is 0 Å². The number of rotatable bonds is 5. The van der Waals surface area contributed by atoms with Crippen LogP contribution in [0.2, 0.25) is 0 Å². The quantitative estimate of drug-likeness (QED) is 0.836. The molecule has 0 saturated heterocycles. The van der Waals surface area contributed by atoms with Crippen molar-refractivity contribution in [2.24, 2.45) is 11.8 Å². The molecule has 3 atom stereocenters. The van der Waals surface area contributed by atoms with E-state index in [1.807, 2.05) is 0 Å². The smallest absolute Gasteiger partial charge is 0.221 e. The molecule has 0 radical (unpaired) electrons. The third kappa shape index (κ3) is 3.38. The van der Waals surface area contributed by atoms with Crippen molar-refractivity contribution in [2.75, 3.05) is 5.75 Å². The highest BCUT2D eigenvalue weighted by Crippen LogP contribution is 2.44. The molecule has 1 amide bonds. The topological polar surface area (TPSA) is 29.1 Å². The molecule has 1 aromatic carbocycles. The minimum atomic E-state index is 0.238. The summed E-state index contributed by atoms with van der Waals surface area (Å²) < 4.78 is 0. The summed E-state index contributed by atoms with van der Waals surface area (Å²) in [6.45, 7) is 2.09. The molecule has 2 aliphatic rings. The number of carbonyl (C=O) groups is 1. The van der Waals surface area contributed by atoms with E-state index in [0.717, 1.165) is 17.6 Å². The molecule has 20 heavy (non-hydrogen) atoms. The second kappa shape index (κ2) is 6.21. The average molecular weight is 289 g/mol. The van der Waals surface area contributed by atoms with Gasteiger partial charge in [-0.2, -0.15) is 0 Å². The van der Waals surface area contributed by atoms with E-state index in [1.165, 1.54) is 36.1 Å². The lowest BCUT2D eigenvalue weighted by Gasteiger charge is -2.22. The van der Waals surface area contributed by atoms with Crippen LogP contribution in [0.5, 0.6) is 0 Å². The van der Waals surface area contributed by atoms with E-state index in [1.54, 1.807) is 11.8 Å². The predicted octanol–water partition coefficient (Wildman–Crippen LogP) is 3.78. The first kappa shape index (κ1) is 14.0. The maximum atomic E-state index is 12.0. The maximum absolute atomic E-state index is 12.0. The summed E-state index contributed by atoms with van der Waals surface area (Å²) >= 11 is 1.77. The van der Waals surface area contributed by atoms with Crippen molar-refractivity contribution in [3.05, 3.63) is 29.8 Å². The molecule has 2 nitrogen and oxygen atoms in total. The fraction of sp³-hybridized carbons (Fsp3) is 0.588. The molecule has 0 spiro atoms. The van der Waals surface area contributed by atoms with Crippen LogP contribution in [-0.4, -0.2) is 17.7 Å². The number of hydrogen-bond acceptors (Lipinski definition) is 2. The molecule has 1 aromatic rings. The van der Waals surface area contributed by atoms with Crippen LogP contribution >= 0.6 is 11.8 Å². The highest BCUT2D eigenvalue weighted by atomic mass is 32.2. The molecule has 2 bridgehead atoms. The Labute approximate surface area is 125 Å². The van der Waals surface area contributed by atoms with Gasteiger partial charge in [0.05, 0.1) is 0 Å². The molecule has 3 heteroatoms. The molecule has 2 aliphatic carbocycles. The third-order valence-electron chi connectivity index (χ3n) is 4.70. The lowest BCUT2D eigenvalue weighted by molar-refractivity contribution is -0.121. The number of nitrogens with one attached hydrogen (secondary N) is 1. The second-order valence-electron chi connectivity index (χ2n) is 6.26. The Morgan fingerprint density at radius 1 is 1.25 bits per heavy atom. The van der Waals surface area contributed by atoms with Crippen molar-refractivity contribution < 1.29 is 4.79 Å². The van der Waals surface area contributed by atoms with Gasteiger partial charge >= 0.3 is 0 Å². The molecule has 1 N–H and O–H groups in total. The summed E-state index contributed by atoms with van der Waals surface area (Å²) in [6.07, 6.45) is 5.92. The average Bonchev–Trinajstić information content (AvgIpc) is 3.03. The van der Waals surface area contributed by atoms with Gasteiger partial charge in [-0.1, -0.05) is 24.1 Å². The van der Waals surface area contributed by atoms with Gasteiger partial charge in [-0.3, -0.25) is 4.79 Å². The Morgan fingerprint density at radius 3 is 2.70 bits per heavy atom. The fourth-order valence-corrected chi connectivity index (χ4v) is 4.45.